The third kappa shape index (κ3) is 3.13. The van der Waals surface area contributed by atoms with Crippen molar-refractivity contribution in [2.45, 2.75) is 59.0 Å². The number of nitrogens with one attached hydrogen (secondary N) is 1. The van der Waals surface area contributed by atoms with Crippen LogP contribution in [0, 0.1) is 5.41 Å². The van der Waals surface area contributed by atoms with Crippen LogP contribution in [0.2, 0.25) is 0 Å². The Balaban J connectivity index is 1.67. The summed E-state index contributed by atoms with van der Waals surface area (Å²) in [5.74, 6) is 1.16. The summed E-state index contributed by atoms with van der Waals surface area (Å²) in [5.41, 5.74) is 2.85. The summed E-state index contributed by atoms with van der Waals surface area (Å²) < 4.78 is 2.32. The molecule has 114 valence electrons. The topological polar surface area (TPSA) is 29.9 Å². The molecule has 2 aromatic rings. The summed E-state index contributed by atoms with van der Waals surface area (Å²) >= 11 is 0. The van der Waals surface area contributed by atoms with Crippen molar-refractivity contribution in [1.29, 1.82) is 0 Å². The average molecular weight is 285 g/mol. The van der Waals surface area contributed by atoms with Crippen molar-refractivity contribution in [3.63, 3.8) is 0 Å². The zero-order valence-corrected chi connectivity index (χ0v) is 13.4. The molecule has 0 radical (unpaired) electrons. The fourth-order valence-electron chi connectivity index (χ4n) is 3.67. The van der Waals surface area contributed by atoms with Crippen LogP contribution in [0.25, 0.3) is 11.0 Å². The van der Waals surface area contributed by atoms with Gasteiger partial charge in [0.2, 0.25) is 0 Å². The fourth-order valence-corrected chi connectivity index (χ4v) is 3.67. The van der Waals surface area contributed by atoms with Crippen LogP contribution in [-0.2, 0) is 13.1 Å². The Morgan fingerprint density at radius 1 is 1.19 bits per heavy atom. The van der Waals surface area contributed by atoms with Crippen molar-refractivity contribution in [3.05, 3.63) is 30.1 Å². The molecular formula is C18H27N3. The lowest BCUT2D eigenvalue weighted by Gasteiger charge is -2.33. The summed E-state index contributed by atoms with van der Waals surface area (Å²) in [6, 6.07) is 8.43. The number of aryl methyl sites for hydroxylation is 1. The molecule has 3 nitrogen and oxygen atoms in total. The molecule has 1 aliphatic carbocycles. The fraction of sp³-hybridized carbons (Fsp3) is 0.611. The van der Waals surface area contributed by atoms with E-state index in [1.54, 1.807) is 0 Å². The quantitative estimate of drug-likeness (QED) is 0.895. The highest BCUT2D eigenvalue weighted by molar-refractivity contribution is 5.75. The van der Waals surface area contributed by atoms with Crippen LogP contribution in [0.1, 0.15) is 51.8 Å². The molecule has 3 rings (SSSR count). The number of rotatable bonds is 5. The Bertz CT molecular complexity index is 594. The number of hydrogen-bond acceptors (Lipinski definition) is 2. The van der Waals surface area contributed by atoms with E-state index in [1.165, 1.54) is 37.6 Å². The van der Waals surface area contributed by atoms with Crippen molar-refractivity contribution in [2.75, 3.05) is 6.54 Å². The van der Waals surface area contributed by atoms with E-state index >= 15 is 0 Å². The van der Waals surface area contributed by atoms with Gasteiger partial charge in [-0.2, -0.15) is 0 Å². The number of imidazole rings is 1. The van der Waals surface area contributed by atoms with Crippen LogP contribution >= 0.6 is 0 Å². The summed E-state index contributed by atoms with van der Waals surface area (Å²) in [6.45, 7) is 7.59. The van der Waals surface area contributed by atoms with Crippen LogP contribution in [0.3, 0.4) is 0 Å². The number of benzene rings is 1. The molecule has 1 aromatic carbocycles. The Morgan fingerprint density at radius 2 is 1.95 bits per heavy atom. The monoisotopic (exact) mass is 285 g/mol. The Hall–Kier alpha value is -1.35. The lowest BCUT2D eigenvalue weighted by Crippen LogP contribution is -2.33. The minimum atomic E-state index is 0.487. The Labute approximate surface area is 127 Å². The van der Waals surface area contributed by atoms with Crippen molar-refractivity contribution >= 4 is 11.0 Å². The van der Waals surface area contributed by atoms with Gasteiger partial charge in [-0.15, -0.1) is 0 Å². The number of para-hydroxylation sites is 2. The highest BCUT2D eigenvalue weighted by Gasteiger charge is 2.26. The van der Waals surface area contributed by atoms with E-state index in [4.69, 9.17) is 4.98 Å². The van der Waals surface area contributed by atoms with Crippen molar-refractivity contribution in [1.82, 2.24) is 14.9 Å². The summed E-state index contributed by atoms with van der Waals surface area (Å²) in [5, 5.41) is 3.66. The second-order valence-electron chi connectivity index (χ2n) is 6.74. The smallest absolute Gasteiger partial charge is 0.123 e. The van der Waals surface area contributed by atoms with Gasteiger partial charge in [-0.25, -0.2) is 4.98 Å². The SMILES string of the molecule is CCn1c(CNCC2(C)CCCCC2)nc2ccccc21. The van der Waals surface area contributed by atoms with E-state index in [-0.39, 0.29) is 0 Å². The second kappa shape index (κ2) is 6.18. The normalized spacial score (nSPS) is 18.2. The van der Waals surface area contributed by atoms with Gasteiger partial charge >= 0.3 is 0 Å². The standard InChI is InChI=1S/C18H27N3/c1-3-21-16-10-6-5-9-15(16)20-17(21)13-19-14-18(2)11-7-4-8-12-18/h5-6,9-10,19H,3-4,7-8,11-14H2,1-2H3. The minimum Gasteiger partial charge on any atom is -0.327 e. The number of fused-ring (bicyclic) bond motifs is 1. The van der Waals surface area contributed by atoms with Gasteiger partial charge in [0, 0.05) is 13.1 Å². The number of hydrogen-bond donors (Lipinski definition) is 1. The van der Waals surface area contributed by atoms with E-state index in [1.807, 2.05) is 0 Å². The molecule has 1 aliphatic rings. The molecular weight excluding hydrogens is 258 g/mol. The van der Waals surface area contributed by atoms with Gasteiger partial charge in [-0.1, -0.05) is 38.3 Å². The maximum atomic E-state index is 4.79. The molecule has 0 saturated heterocycles. The molecule has 0 aliphatic heterocycles. The second-order valence-corrected chi connectivity index (χ2v) is 6.74. The molecule has 0 atom stereocenters. The highest BCUT2D eigenvalue weighted by atomic mass is 15.1. The van der Waals surface area contributed by atoms with Gasteiger partial charge < -0.3 is 9.88 Å². The largest absolute Gasteiger partial charge is 0.327 e. The van der Waals surface area contributed by atoms with Gasteiger partial charge in [0.25, 0.3) is 0 Å². The molecule has 0 unspecified atom stereocenters. The zero-order chi connectivity index (χ0) is 14.7. The van der Waals surface area contributed by atoms with Crippen LogP contribution in [0.5, 0.6) is 0 Å². The first kappa shape index (κ1) is 14.6. The van der Waals surface area contributed by atoms with E-state index in [9.17, 15) is 0 Å². The summed E-state index contributed by atoms with van der Waals surface area (Å²) in [6.07, 6.45) is 6.94. The number of aromatic nitrogens is 2. The molecule has 1 N–H and O–H groups in total. The van der Waals surface area contributed by atoms with Crippen molar-refractivity contribution in [3.8, 4) is 0 Å². The van der Waals surface area contributed by atoms with Gasteiger partial charge in [0.05, 0.1) is 17.6 Å². The molecule has 3 heteroatoms. The van der Waals surface area contributed by atoms with Gasteiger partial charge in [0.1, 0.15) is 5.82 Å². The molecule has 1 heterocycles. The van der Waals surface area contributed by atoms with E-state index < -0.39 is 0 Å². The third-order valence-corrected chi connectivity index (χ3v) is 4.95. The zero-order valence-electron chi connectivity index (χ0n) is 13.4. The molecule has 0 spiro atoms. The first-order valence-electron chi connectivity index (χ1n) is 8.37. The molecule has 0 bridgehead atoms. The molecule has 1 aromatic heterocycles. The lowest BCUT2D eigenvalue weighted by atomic mass is 9.76. The summed E-state index contributed by atoms with van der Waals surface area (Å²) in [7, 11) is 0. The predicted octanol–water partition coefficient (Wildman–Crippen LogP) is 4.12. The van der Waals surface area contributed by atoms with E-state index in [0.717, 1.165) is 31.0 Å². The van der Waals surface area contributed by atoms with Crippen LogP contribution in [0.15, 0.2) is 24.3 Å². The maximum Gasteiger partial charge on any atom is 0.123 e. The van der Waals surface area contributed by atoms with Crippen molar-refractivity contribution < 1.29 is 0 Å². The first-order valence-corrected chi connectivity index (χ1v) is 8.37. The van der Waals surface area contributed by atoms with E-state index in [0.29, 0.717) is 5.41 Å². The molecule has 21 heavy (non-hydrogen) atoms. The first-order chi connectivity index (χ1) is 10.2. The van der Waals surface area contributed by atoms with Gasteiger partial charge in [-0.3, -0.25) is 0 Å². The predicted molar refractivity (Wildman–Crippen MR) is 88.3 cm³/mol. The number of nitrogens with zero attached hydrogens (tertiary/aromatic N) is 2. The molecule has 1 saturated carbocycles. The molecule has 1 fully saturated rings. The Morgan fingerprint density at radius 3 is 2.71 bits per heavy atom. The highest BCUT2D eigenvalue weighted by Crippen LogP contribution is 2.34. The van der Waals surface area contributed by atoms with Crippen molar-refractivity contribution in [2.24, 2.45) is 5.41 Å². The maximum absolute atomic E-state index is 4.79. The van der Waals surface area contributed by atoms with Crippen LogP contribution in [0.4, 0.5) is 0 Å². The van der Waals surface area contributed by atoms with Crippen LogP contribution < -0.4 is 5.32 Å². The Kier molecular flexibility index (Phi) is 4.29. The summed E-state index contributed by atoms with van der Waals surface area (Å²) in [4.78, 5) is 4.79. The third-order valence-electron chi connectivity index (χ3n) is 4.95. The van der Waals surface area contributed by atoms with E-state index in [2.05, 4.69) is 48.0 Å². The van der Waals surface area contributed by atoms with Crippen LogP contribution in [-0.4, -0.2) is 16.1 Å². The van der Waals surface area contributed by atoms with Gasteiger partial charge in [-0.05, 0) is 37.3 Å². The minimum absolute atomic E-state index is 0.487. The lowest BCUT2D eigenvalue weighted by molar-refractivity contribution is 0.207. The van der Waals surface area contributed by atoms with Gasteiger partial charge in [0.15, 0.2) is 0 Å². The molecule has 0 amide bonds. The average Bonchev–Trinajstić information content (AvgIpc) is 2.85.